The topological polar surface area (TPSA) is 134 Å². The summed E-state index contributed by atoms with van der Waals surface area (Å²) in [6, 6.07) is 5.44. The second-order valence-corrected chi connectivity index (χ2v) is 12.3. The van der Waals surface area contributed by atoms with E-state index in [9.17, 15) is 23.9 Å². The van der Waals surface area contributed by atoms with Crippen molar-refractivity contribution in [2.45, 2.75) is 89.7 Å². The molecule has 0 radical (unpaired) electrons. The highest BCUT2D eigenvalue weighted by atomic mass is 19.1. The first-order valence-corrected chi connectivity index (χ1v) is 13.3. The number of halogens is 2. The minimum Gasteiger partial charge on any atom is -0.479 e. The summed E-state index contributed by atoms with van der Waals surface area (Å²) in [7, 11) is 0. The third-order valence-electron chi connectivity index (χ3n) is 10.3. The molecule has 4 saturated carbocycles. The Labute approximate surface area is 225 Å². The molecule has 9 atom stereocenters. The molecule has 11 heteroatoms. The summed E-state index contributed by atoms with van der Waals surface area (Å²) in [5.41, 5.74) is 1.94. The van der Waals surface area contributed by atoms with Crippen molar-refractivity contribution in [3.05, 3.63) is 35.6 Å². The molecule has 1 aromatic rings. The molecule has 3 N–H and O–H groups in total. The van der Waals surface area contributed by atoms with Gasteiger partial charge in [0.25, 0.3) is 0 Å². The first-order chi connectivity index (χ1) is 18.2. The molecule has 0 heterocycles. The van der Waals surface area contributed by atoms with Gasteiger partial charge in [0.1, 0.15) is 17.5 Å². The van der Waals surface area contributed by atoms with Crippen molar-refractivity contribution in [3.63, 3.8) is 0 Å². The lowest BCUT2D eigenvalue weighted by molar-refractivity contribution is -0.184. The van der Waals surface area contributed by atoms with Gasteiger partial charge in [0.15, 0.2) is 0 Å². The van der Waals surface area contributed by atoms with Crippen molar-refractivity contribution < 1.29 is 47.2 Å². The normalized spacial score (nSPS) is 40.0. The number of rotatable bonds is 8. The van der Waals surface area contributed by atoms with E-state index in [4.69, 9.17) is 24.7 Å². The van der Waals surface area contributed by atoms with Gasteiger partial charge in [0.2, 0.25) is 12.0 Å². The van der Waals surface area contributed by atoms with E-state index in [-0.39, 0.29) is 30.0 Å². The number of fused-ring (bicyclic) bond motifs is 3. The maximum Gasteiger partial charge on any atom is 0.511 e. The third kappa shape index (κ3) is 4.11. The number of hydrogen-bond donors (Lipinski definition) is 2. The summed E-state index contributed by atoms with van der Waals surface area (Å²) in [5.74, 6) is -5.30. The number of carboxylic acids is 1. The Balaban J connectivity index is 1.23. The average molecular weight is 552 g/mol. The third-order valence-corrected chi connectivity index (χ3v) is 10.3. The van der Waals surface area contributed by atoms with Gasteiger partial charge >= 0.3 is 18.1 Å². The van der Waals surface area contributed by atoms with E-state index < -0.39 is 59.3 Å². The number of carbonyl (C=O) groups excluding carboxylic acids is 2. The van der Waals surface area contributed by atoms with Gasteiger partial charge in [-0.05, 0) is 54.7 Å². The molecule has 0 aromatic heterocycles. The van der Waals surface area contributed by atoms with Crippen molar-refractivity contribution in [1.82, 2.24) is 0 Å². The molecule has 0 saturated heterocycles. The van der Waals surface area contributed by atoms with Crippen LogP contribution < -0.4 is 5.73 Å². The number of hydrogen-bond acceptors (Lipinski definition) is 8. The summed E-state index contributed by atoms with van der Waals surface area (Å²) in [6.45, 7) is 7.67. The first-order valence-electron chi connectivity index (χ1n) is 13.3. The van der Waals surface area contributed by atoms with Gasteiger partial charge in [-0.1, -0.05) is 32.9 Å². The molecule has 39 heavy (non-hydrogen) atoms. The number of carboxylic acid groups (broad SMARTS) is 1. The quantitative estimate of drug-likeness (QED) is 0.362. The van der Waals surface area contributed by atoms with Crippen molar-refractivity contribution in [2.24, 2.45) is 34.3 Å². The van der Waals surface area contributed by atoms with Crippen molar-refractivity contribution in [2.75, 3.05) is 0 Å². The van der Waals surface area contributed by atoms with Gasteiger partial charge in [-0.3, -0.25) is 0 Å². The summed E-state index contributed by atoms with van der Waals surface area (Å²) >= 11 is 0. The van der Waals surface area contributed by atoms with Crippen molar-refractivity contribution in [1.29, 1.82) is 0 Å². The number of nitrogens with two attached hydrogens (primary N) is 1. The van der Waals surface area contributed by atoms with E-state index in [1.165, 1.54) is 31.2 Å². The van der Waals surface area contributed by atoms with Crippen LogP contribution in [0.1, 0.15) is 58.9 Å². The maximum absolute atomic E-state index is 15.2. The van der Waals surface area contributed by atoms with Crippen LogP contribution in [0.15, 0.2) is 24.3 Å². The Hall–Kier alpha value is -2.79. The lowest BCUT2D eigenvalue weighted by Crippen LogP contribution is -2.61. The summed E-state index contributed by atoms with van der Waals surface area (Å²) in [5, 5.41) is 9.45. The van der Waals surface area contributed by atoms with Crippen LogP contribution in [-0.2, 0) is 35.1 Å². The summed E-state index contributed by atoms with van der Waals surface area (Å²) in [6.07, 6.45) is -1.25. The fourth-order valence-electron chi connectivity index (χ4n) is 7.44. The van der Waals surface area contributed by atoms with Gasteiger partial charge in [-0.2, -0.15) is 0 Å². The highest BCUT2D eigenvalue weighted by Crippen LogP contribution is 2.68. The van der Waals surface area contributed by atoms with Gasteiger partial charge in [0.05, 0.1) is 12.7 Å². The minimum atomic E-state index is -2.70. The Morgan fingerprint density at radius 3 is 2.33 bits per heavy atom. The van der Waals surface area contributed by atoms with Crippen LogP contribution in [0.2, 0.25) is 0 Å². The van der Waals surface area contributed by atoms with Gasteiger partial charge in [-0.15, -0.1) is 0 Å². The fraction of sp³-hybridized carbons (Fsp3) is 0.679. The van der Waals surface area contributed by atoms with Crippen molar-refractivity contribution in [3.8, 4) is 0 Å². The number of esters is 1. The standard InChI is InChI=1S/C28H35F2NO8/c1-14(38-24(35)39-19-11-16-9-10-26(19,4)25(16,2)3)37-23(34)28(31)20(12-18-21(28)27(18,30)22(32)33)36-13-15-5-7-17(29)8-6-15/h5-8,14,16,18-21H,9-13,31H2,1-4H3,(H,32,33)/t14?,16-,18+,19+,20+,21?,26+,27+,28-/m0/s1. The Bertz CT molecular complexity index is 1180. The number of benzene rings is 1. The smallest absolute Gasteiger partial charge is 0.479 e. The van der Waals surface area contributed by atoms with Crippen LogP contribution in [0.5, 0.6) is 0 Å². The molecule has 4 aliphatic carbocycles. The zero-order chi connectivity index (χ0) is 28.5. The van der Waals surface area contributed by atoms with E-state index in [1.807, 2.05) is 0 Å². The molecular formula is C28H35F2NO8. The molecule has 0 aliphatic heterocycles. The van der Waals surface area contributed by atoms with Crippen LogP contribution >= 0.6 is 0 Å². The molecule has 4 aliphatic rings. The van der Waals surface area contributed by atoms with Crippen LogP contribution in [0.3, 0.4) is 0 Å². The lowest BCUT2D eigenvalue weighted by atomic mass is 9.70. The molecule has 5 rings (SSSR count). The van der Waals surface area contributed by atoms with Gasteiger partial charge in [0, 0.05) is 24.2 Å². The Kier molecular flexibility index (Phi) is 6.49. The van der Waals surface area contributed by atoms with E-state index in [0.717, 1.165) is 19.3 Å². The molecule has 2 bridgehead atoms. The average Bonchev–Trinajstić information content (AvgIpc) is 3.14. The number of aliphatic carboxylic acids is 1. The molecule has 2 unspecified atom stereocenters. The second kappa shape index (κ2) is 9.12. The molecule has 0 spiro atoms. The van der Waals surface area contributed by atoms with E-state index >= 15 is 4.39 Å². The van der Waals surface area contributed by atoms with Gasteiger partial charge < -0.3 is 29.8 Å². The Morgan fingerprint density at radius 2 is 1.77 bits per heavy atom. The summed E-state index contributed by atoms with van der Waals surface area (Å²) < 4.78 is 50.4. The highest BCUT2D eigenvalue weighted by molar-refractivity contribution is 5.91. The lowest BCUT2D eigenvalue weighted by Gasteiger charge is -2.38. The molecule has 4 fully saturated rings. The highest BCUT2D eigenvalue weighted by Gasteiger charge is 2.85. The maximum atomic E-state index is 15.2. The predicted octanol–water partition coefficient (Wildman–Crippen LogP) is 4.11. The molecule has 0 amide bonds. The van der Waals surface area contributed by atoms with Gasteiger partial charge in [-0.25, -0.2) is 23.2 Å². The van der Waals surface area contributed by atoms with E-state index in [1.54, 1.807) is 0 Å². The zero-order valence-corrected chi connectivity index (χ0v) is 22.4. The van der Waals surface area contributed by atoms with Crippen LogP contribution in [0.4, 0.5) is 13.6 Å². The monoisotopic (exact) mass is 551 g/mol. The Morgan fingerprint density at radius 1 is 1.10 bits per heavy atom. The second-order valence-electron chi connectivity index (χ2n) is 12.3. The van der Waals surface area contributed by atoms with Crippen molar-refractivity contribution >= 4 is 18.1 Å². The van der Waals surface area contributed by atoms with Crippen LogP contribution in [0.25, 0.3) is 0 Å². The van der Waals surface area contributed by atoms with Crippen LogP contribution in [0, 0.1) is 34.4 Å². The minimum absolute atomic E-state index is 0.0111. The molecule has 1 aromatic carbocycles. The number of carbonyl (C=O) groups is 3. The molecule has 214 valence electrons. The fourth-order valence-corrected chi connectivity index (χ4v) is 7.44. The van der Waals surface area contributed by atoms with E-state index in [0.29, 0.717) is 11.5 Å². The largest absolute Gasteiger partial charge is 0.511 e. The summed E-state index contributed by atoms with van der Waals surface area (Å²) in [4.78, 5) is 37.5. The first kappa shape index (κ1) is 27.8. The number of alkyl halides is 1. The van der Waals surface area contributed by atoms with Crippen LogP contribution in [-0.4, -0.2) is 52.9 Å². The predicted molar refractivity (Wildman–Crippen MR) is 131 cm³/mol. The molecular weight excluding hydrogens is 516 g/mol. The SMILES string of the molecule is CC(OC(=O)O[C@@H]1C[C@@H]2CC[C@@]1(C)C2(C)C)OC(=O)[C@@]1(N)C2[C@@H](C[C@H]1OCc1ccc(F)cc1)[C@]2(F)C(=O)O. The van der Waals surface area contributed by atoms with E-state index in [2.05, 4.69) is 20.8 Å². The number of ether oxygens (including phenoxy) is 4. The molecule has 9 nitrogen and oxygen atoms in total. The zero-order valence-electron chi connectivity index (χ0n) is 22.4.